The summed E-state index contributed by atoms with van der Waals surface area (Å²) in [5.41, 5.74) is 0.128. The maximum atomic E-state index is 12.1. The molecule has 0 fully saturated rings. The first kappa shape index (κ1) is 17.1. The highest BCUT2D eigenvalue weighted by atomic mass is 16.4. The van der Waals surface area contributed by atoms with E-state index in [1.807, 2.05) is 19.0 Å². The number of aromatic nitrogens is 3. The third kappa shape index (κ3) is 6.35. The van der Waals surface area contributed by atoms with E-state index in [1.165, 1.54) is 6.20 Å². The molecular formula is C13H23N5O3. The number of hydrogen-bond acceptors (Lipinski definition) is 5. The fraction of sp³-hybridized carbons (Fsp3) is 0.692. The SMILES string of the molecule is CC(C)CC(CN(C)C)NC(=O)c1cn(CC(=O)O)nn1. The van der Waals surface area contributed by atoms with Gasteiger partial charge in [-0.25, -0.2) is 4.68 Å². The van der Waals surface area contributed by atoms with Crippen molar-refractivity contribution in [3.05, 3.63) is 11.9 Å². The molecule has 1 unspecified atom stereocenters. The van der Waals surface area contributed by atoms with Crippen LogP contribution in [0.1, 0.15) is 30.8 Å². The van der Waals surface area contributed by atoms with Crippen molar-refractivity contribution in [2.75, 3.05) is 20.6 Å². The summed E-state index contributed by atoms with van der Waals surface area (Å²) in [5, 5.41) is 18.9. The highest BCUT2D eigenvalue weighted by molar-refractivity contribution is 5.92. The zero-order chi connectivity index (χ0) is 16.0. The predicted octanol–water partition coefficient (Wildman–Crippen LogP) is 0.0688. The van der Waals surface area contributed by atoms with Crippen molar-refractivity contribution < 1.29 is 14.7 Å². The van der Waals surface area contributed by atoms with Crippen LogP contribution in [0.3, 0.4) is 0 Å². The van der Waals surface area contributed by atoms with E-state index in [1.54, 1.807) is 0 Å². The Labute approximate surface area is 124 Å². The number of aliphatic carboxylic acids is 1. The molecule has 0 saturated carbocycles. The van der Waals surface area contributed by atoms with Gasteiger partial charge in [-0.15, -0.1) is 5.10 Å². The van der Waals surface area contributed by atoms with Gasteiger partial charge < -0.3 is 15.3 Å². The van der Waals surface area contributed by atoms with Crippen molar-refractivity contribution >= 4 is 11.9 Å². The minimum atomic E-state index is -1.03. The molecule has 0 aromatic carbocycles. The maximum absolute atomic E-state index is 12.1. The van der Waals surface area contributed by atoms with E-state index < -0.39 is 5.97 Å². The van der Waals surface area contributed by atoms with E-state index in [2.05, 4.69) is 29.5 Å². The molecule has 8 heteroatoms. The Bertz CT molecular complexity index is 474. The Kier molecular flexibility index (Phi) is 6.29. The number of nitrogens with one attached hydrogen (secondary N) is 1. The largest absolute Gasteiger partial charge is 0.480 e. The Morgan fingerprint density at radius 2 is 2.10 bits per heavy atom. The van der Waals surface area contributed by atoms with E-state index in [9.17, 15) is 9.59 Å². The number of carbonyl (C=O) groups is 2. The summed E-state index contributed by atoms with van der Waals surface area (Å²) in [7, 11) is 3.89. The highest BCUT2D eigenvalue weighted by Gasteiger charge is 2.18. The molecule has 118 valence electrons. The van der Waals surface area contributed by atoms with Gasteiger partial charge in [0.25, 0.3) is 5.91 Å². The standard InChI is InChI=1S/C13H23N5O3/c1-9(2)5-10(6-17(3)4)14-13(21)11-7-18(16-15-11)8-12(19)20/h7,9-10H,5-6,8H2,1-4H3,(H,14,21)(H,19,20). The molecule has 1 aromatic rings. The van der Waals surface area contributed by atoms with Crippen LogP contribution in [0.15, 0.2) is 6.20 Å². The molecule has 0 radical (unpaired) electrons. The van der Waals surface area contributed by atoms with Crippen LogP contribution in [-0.2, 0) is 11.3 Å². The van der Waals surface area contributed by atoms with E-state index in [4.69, 9.17) is 5.11 Å². The first-order valence-corrected chi connectivity index (χ1v) is 6.85. The summed E-state index contributed by atoms with van der Waals surface area (Å²) in [6, 6.07) is 0.0112. The number of nitrogens with zero attached hydrogens (tertiary/aromatic N) is 4. The Morgan fingerprint density at radius 3 is 2.62 bits per heavy atom. The smallest absolute Gasteiger partial charge is 0.325 e. The quantitative estimate of drug-likeness (QED) is 0.704. The van der Waals surface area contributed by atoms with Gasteiger partial charge in [0.2, 0.25) is 0 Å². The number of likely N-dealkylation sites (N-methyl/N-ethyl adjacent to an activating group) is 1. The number of carboxylic acid groups (broad SMARTS) is 1. The average molecular weight is 297 g/mol. The van der Waals surface area contributed by atoms with Crippen LogP contribution < -0.4 is 5.32 Å². The van der Waals surface area contributed by atoms with Crippen LogP contribution in [-0.4, -0.2) is 63.6 Å². The van der Waals surface area contributed by atoms with Crippen molar-refractivity contribution in [3.8, 4) is 0 Å². The molecule has 8 nitrogen and oxygen atoms in total. The summed E-state index contributed by atoms with van der Waals surface area (Å²) in [6.07, 6.45) is 2.19. The zero-order valence-corrected chi connectivity index (χ0v) is 12.9. The molecule has 1 atom stereocenters. The van der Waals surface area contributed by atoms with Crippen molar-refractivity contribution in [2.24, 2.45) is 5.92 Å². The lowest BCUT2D eigenvalue weighted by molar-refractivity contribution is -0.137. The van der Waals surface area contributed by atoms with E-state index >= 15 is 0 Å². The second kappa shape index (κ2) is 7.72. The van der Waals surface area contributed by atoms with Gasteiger partial charge in [-0.2, -0.15) is 0 Å². The van der Waals surface area contributed by atoms with Crippen LogP contribution in [0.5, 0.6) is 0 Å². The number of amides is 1. The van der Waals surface area contributed by atoms with E-state index in [-0.39, 0.29) is 24.2 Å². The van der Waals surface area contributed by atoms with Gasteiger partial charge in [0.15, 0.2) is 5.69 Å². The van der Waals surface area contributed by atoms with Gasteiger partial charge in [-0.3, -0.25) is 9.59 Å². The van der Waals surface area contributed by atoms with Crippen LogP contribution in [0.25, 0.3) is 0 Å². The van der Waals surface area contributed by atoms with E-state index in [0.717, 1.165) is 17.6 Å². The highest BCUT2D eigenvalue weighted by Crippen LogP contribution is 2.06. The van der Waals surface area contributed by atoms with Gasteiger partial charge in [0.05, 0.1) is 6.20 Å². The molecule has 21 heavy (non-hydrogen) atoms. The molecule has 1 amide bonds. The second-order valence-corrected chi connectivity index (χ2v) is 5.76. The fourth-order valence-corrected chi connectivity index (χ4v) is 2.07. The normalized spacial score (nSPS) is 12.7. The lowest BCUT2D eigenvalue weighted by Crippen LogP contribution is -2.42. The molecule has 0 saturated heterocycles. The topological polar surface area (TPSA) is 100 Å². The van der Waals surface area contributed by atoms with E-state index in [0.29, 0.717) is 5.92 Å². The van der Waals surface area contributed by atoms with Crippen LogP contribution in [0, 0.1) is 5.92 Å². The third-order valence-corrected chi connectivity index (χ3v) is 2.75. The second-order valence-electron chi connectivity index (χ2n) is 5.76. The first-order valence-electron chi connectivity index (χ1n) is 6.85. The minimum absolute atomic E-state index is 0.0112. The maximum Gasteiger partial charge on any atom is 0.325 e. The third-order valence-electron chi connectivity index (χ3n) is 2.75. The Hall–Kier alpha value is -1.96. The van der Waals surface area contributed by atoms with Gasteiger partial charge in [0, 0.05) is 12.6 Å². The molecule has 0 aliphatic carbocycles. The van der Waals surface area contributed by atoms with Gasteiger partial charge in [-0.05, 0) is 26.4 Å². The monoisotopic (exact) mass is 297 g/mol. The van der Waals surface area contributed by atoms with Crippen LogP contribution in [0.2, 0.25) is 0 Å². The molecule has 1 heterocycles. The van der Waals surface area contributed by atoms with Crippen molar-refractivity contribution in [1.29, 1.82) is 0 Å². The fourth-order valence-electron chi connectivity index (χ4n) is 2.07. The molecule has 0 spiro atoms. The van der Waals surface area contributed by atoms with Gasteiger partial charge in [-0.1, -0.05) is 19.1 Å². The average Bonchev–Trinajstić information content (AvgIpc) is 2.74. The first-order chi connectivity index (χ1) is 9.77. The Morgan fingerprint density at radius 1 is 1.43 bits per heavy atom. The number of hydrogen-bond donors (Lipinski definition) is 2. The molecule has 2 N–H and O–H groups in total. The summed E-state index contributed by atoms with van der Waals surface area (Å²) in [4.78, 5) is 24.7. The lowest BCUT2D eigenvalue weighted by atomic mass is 10.0. The predicted molar refractivity (Wildman–Crippen MR) is 76.9 cm³/mol. The zero-order valence-electron chi connectivity index (χ0n) is 12.9. The molecule has 1 rings (SSSR count). The Balaban J connectivity index is 2.67. The van der Waals surface area contributed by atoms with Crippen molar-refractivity contribution in [1.82, 2.24) is 25.2 Å². The lowest BCUT2D eigenvalue weighted by Gasteiger charge is -2.23. The van der Waals surface area contributed by atoms with Crippen LogP contribution in [0.4, 0.5) is 0 Å². The molecule has 1 aromatic heterocycles. The number of carboxylic acids is 1. The summed E-state index contributed by atoms with van der Waals surface area (Å²) < 4.78 is 1.13. The number of rotatable bonds is 8. The minimum Gasteiger partial charge on any atom is -0.480 e. The molecular weight excluding hydrogens is 274 g/mol. The molecule has 0 bridgehead atoms. The van der Waals surface area contributed by atoms with Crippen LogP contribution >= 0.6 is 0 Å². The van der Waals surface area contributed by atoms with Crippen molar-refractivity contribution in [3.63, 3.8) is 0 Å². The molecule has 0 aliphatic rings. The van der Waals surface area contributed by atoms with Gasteiger partial charge in [0.1, 0.15) is 6.54 Å². The molecule has 0 aliphatic heterocycles. The van der Waals surface area contributed by atoms with Crippen molar-refractivity contribution in [2.45, 2.75) is 32.9 Å². The number of carbonyl (C=O) groups excluding carboxylic acids is 1. The van der Waals surface area contributed by atoms with Gasteiger partial charge >= 0.3 is 5.97 Å². The summed E-state index contributed by atoms with van der Waals surface area (Å²) in [6.45, 7) is 4.61. The summed E-state index contributed by atoms with van der Waals surface area (Å²) >= 11 is 0. The summed E-state index contributed by atoms with van der Waals surface area (Å²) in [5.74, 6) is -0.908.